The van der Waals surface area contributed by atoms with E-state index in [-0.39, 0.29) is 11.8 Å². The number of furan rings is 1. The van der Waals surface area contributed by atoms with Gasteiger partial charge in [0.2, 0.25) is 5.91 Å². The van der Waals surface area contributed by atoms with Crippen LogP contribution in [0.5, 0.6) is 0 Å². The summed E-state index contributed by atoms with van der Waals surface area (Å²) in [7, 11) is 1.85. The first kappa shape index (κ1) is 20.1. The van der Waals surface area contributed by atoms with Crippen molar-refractivity contribution in [2.24, 2.45) is 0 Å². The van der Waals surface area contributed by atoms with Gasteiger partial charge in [0.1, 0.15) is 11.5 Å². The van der Waals surface area contributed by atoms with Crippen LogP contribution in [-0.2, 0) is 11.3 Å². The summed E-state index contributed by atoms with van der Waals surface area (Å²) in [4.78, 5) is 31.0. The fraction of sp³-hybridized carbons (Fsp3) is 0.455. The summed E-state index contributed by atoms with van der Waals surface area (Å²) in [5.74, 6) is 1.53. The maximum absolute atomic E-state index is 12.7. The maximum atomic E-state index is 12.7. The zero-order chi connectivity index (χ0) is 20.3. The van der Waals surface area contributed by atoms with Gasteiger partial charge in [0, 0.05) is 39.8 Å². The molecule has 1 aliphatic rings. The van der Waals surface area contributed by atoms with Gasteiger partial charge in [-0.05, 0) is 38.0 Å². The van der Waals surface area contributed by atoms with Crippen LogP contribution in [0.15, 0.2) is 34.7 Å². The molecule has 0 bridgehead atoms. The van der Waals surface area contributed by atoms with Crippen LogP contribution in [0.3, 0.4) is 0 Å². The van der Waals surface area contributed by atoms with Gasteiger partial charge < -0.3 is 14.2 Å². The molecule has 28 heavy (non-hydrogen) atoms. The Morgan fingerprint density at radius 3 is 2.36 bits per heavy atom. The van der Waals surface area contributed by atoms with Gasteiger partial charge in [0.15, 0.2) is 0 Å². The minimum atomic E-state index is 0.0111. The summed E-state index contributed by atoms with van der Waals surface area (Å²) in [6.07, 6.45) is 0. The summed E-state index contributed by atoms with van der Waals surface area (Å²) in [5, 5.41) is 0. The van der Waals surface area contributed by atoms with E-state index < -0.39 is 0 Å². The van der Waals surface area contributed by atoms with Crippen LogP contribution in [0, 0.1) is 20.8 Å². The summed E-state index contributed by atoms with van der Waals surface area (Å²) < 4.78 is 5.48. The number of likely N-dealkylation sites (N-methyl/N-ethyl adjacent to an activating group) is 1. The minimum absolute atomic E-state index is 0.0111. The molecule has 0 spiro atoms. The van der Waals surface area contributed by atoms with Crippen molar-refractivity contribution in [3.05, 3.63) is 58.5 Å². The van der Waals surface area contributed by atoms with Crippen molar-refractivity contribution >= 4 is 11.8 Å². The van der Waals surface area contributed by atoms with Gasteiger partial charge in [-0.2, -0.15) is 0 Å². The molecule has 0 N–H and O–H groups in total. The van der Waals surface area contributed by atoms with Gasteiger partial charge in [-0.1, -0.05) is 24.3 Å². The zero-order valence-corrected chi connectivity index (χ0v) is 17.2. The van der Waals surface area contributed by atoms with Crippen LogP contribution in [0.4, 0.5) is 0 Å². The fourth-order valence-electron chi connectivity index (χ4n) is 3.57. The number of piperazine rings is 1. The smallest absolute Gasteiger partial charge is 0.257 e. The molecular formula is C22H29N3O3. The number of carbonyl (C=O) groups is 2. The number of hydrogen-bond donors (Lipinski definition) is 0. The summed E-state index contributed by atoms with van der Waals surface area (Å²) >= 11 is 0. The number of aryl methyl sites for hydroxylation is 3. The maximum Gasteiger partial charge on any atom is 0.257 e. The lowest BCUT2D eigenvalue weighted by atomic mass is 10.1. The summed E-state index contributed by atoms with van der Waals surface area (Å²) in [6, 6.07) is 9.93. The van der Waals surface area contributed by atoms with E-state index in [2.05, 4.69) is 24.0 Å². The lowest BCUT2D eigenvalue weighted by molar-refractivity contribution is -0.132. The second kappa shape index (κ2) is 8.61. The Balaban J connectivity index is 1.49. The van der Waals surface area contributed by atoms with Crippen LogP contribution in [0.1, 0.15) is 33.0 Å². The molecule has 6 heteroatoms. The van der Waals surface area contributed by atoms with Crippen LogP contribution >= 0.6 is 0 Å². The quantitative estimate of drug-likeness (QED) is 0.796. The molecule has 1 fully saturated rings. The van der Waals surface area contributed by atoms with Crippen molar-refractivity contribution in [3.8, 4) is 0 Å². The zero-order valence-electron chi connectivity index (χ0n) is 17.2. The van der Waals surface area contributed by atoms with Crippen molar-refractivity contribution in [1.29, 1.82) is 0 Å². The normalized spacial score (nSPS) is 14.9. The Morgan fingerprint density at radius 2 is 1.75 bits per heavy atom. The predicted octanol–water partition coefficient (Wildman–Crippen LogP) is 2.62. The monoisotopic (exact) mass is 383 g/mol. The van der Waals surface area contributed by atoms with E-state index in [4.69, 9.17) is 4.42 Å². The topological polar surface area (TPSA) is 57.0 Å². The van der Waals surface area contributed by atoms with Crippen molar-refractivity contribution in [2.45, 2.75) is 27.3 Å². The molecule has 0 unspecified atom stereocenters. The third kappa shape index (κ3) is 4.62. The molecule has 0 atom stereocenters. The van der Waals surface area contributed by atoms with Crippen molar-refractivity contribution in [3.63, 3.8) is 0 Å². The van der Waals surface area contributed by atoms with Gasteiger partial charge in [-0.15, -0.1) is 0 Å². The molecule has 2 aromatic rings. The lowest BCUT2D eigenvalue weighted by Crippen LogP contribution is -2.51. The van der Waals surface area contributed by atoms with E-state index in [0.29, 0.717) is 50.6 Å². The molecule has 1 aromatic heterocycles. The number of amides is 2. The molecule has 1 saturated heterocycles. The average Bonchev–Trinajstić information content (AvgIpc) is 3.01. The van der Waals surface area contributed by atoms with E-state index in [1.807, 2.05) is 37.9 Å². The van der Waals surface area contributed by atoms with Crippen molar-refractivity contribution in [2.75, 3.05) is 39.8 Å². The minimum Gasteiger partial charge on any atom is -0.466 e. The number of rotatable bonds is 5. The highest BCUT2D eigenvalue weighted by molar-refractivity contribution is 5.95. The van der Waals surface area contributed by atoms with Gasteiger partial charge in [-0.3, -0.25) is 14.5 Å². The molecule has 150 valence electrons. The van der Waals surface area contributed by atoms with Gasteiger partial charge in [-0.25, -0.2) is 0 Å². The summed E-state index contributed by atoms with van der Waals surface area (Å²) in [5.41, 5.74) is 3.00. The number of benzene rings is 1. The Bertz CT molecular complexity index is 850. The highest BCUT2D eigenvalue weighted by atomic mass is 16.3. The van der Waals surface area contributed by atoms with E-state index in [0.717, 1.165) is 5.76 Å². The molecular weight excluding hydrogens is 354 g/mol. The van der Waals surface area contributed by atoms with Gasteiger partial charge >= 0.3 is 0 Å². The van der Waals surface area contributed by atoms with E-state index >= 15 is 0 Å². The molecule has 1 aromatic carbocycles. The highest BCUT2D eigenvalue weighted by Gasteiger charge is 2.26. The predicted molar refractivity (Wildman–Crippen MR) is 108 cm³/mol. The van der Waals surface area contributed by atoms with Crippen LogP contribution < -0.4 is 0 Å². The molecule has 0 aliphatic carbocycles. The Morgan fingerprint density at radius 1 is 1.07 bits per heavy atom. The SMILES string of the molecule is Cc1cc(C(=O)N2CCN(CC(=O)N(C)Cc3ccccc3C)CC2)c(C)o1. The third-order valence-electron chi connectivity index (χ3n) is 5.38. The average molecular weight is 383 g/mol. The number of nitrogens with zero attached hydrogens (tertiary/aromatic N) is 3. The number of hydrogen-bond acceptors (Lipinski definition) is 4. The van der Waals surface area contributed by atoms with Crippen LogP contribution in [-0.4, -0.2) is 66.3 Å². The van der Waals surface area contributed by atoms with E-state index in [1.54, 1.807) is 11.0 Å². The second-order valence-corrected chi connectivity index (χ2v) is 7.57. The molecule has 1 aliphatic heterocycles. The Kier molecular flexibility index (Phi) is 6.19. The Hall–Kier alpha value is -2.60. The molecule has 6 nitrogen and oxygen atoms in total. The van der Waals surface area contributed by atoms with Gasteiger partial charge in [0.05, 0.1) is 12.1 Å². The highest BCUT2D eigenvalue weighted by Crippen LogP contribution is 2.17. The molecule has 2 heterocycles. The van der Waals surface area contributed by atoms with Crippen LogP contribution in [0.2, 0.25) is 0 Å². The first-order valence-electron chi connectivity index (χ1n) is 9.72. The van der Waals surface area contributed by atoms with E-state index in [9.17, 15) is 9.59 Å². The fourth-order valence-corrected chi connectivity index (χ4v) is 3.57. The molecule has 0 radical (unpaired) electrons. The first-order chi connectivity index (χ1) is 13.3. The standard InChI is InChI=1S/C22H29N3O3/c1-16-7-5-6-8-19(16)14-23(4)21(26)15-24-9-11-25(12-10-24)22(27)20-13-17(2)28-18(20)3/h5-8,13H,9-12,14-15H2,1-4H3. The Labute approximate surface area is 166 Å². The van der Waals surface area contributed by atoms with Crippen molar-refractivity contribution < 1.29 is 14.0 Å². The van der Waals surface area contributed by atoms with Crippen LogP contribution in [0.25, 0.3) is 0 Å². The molecule has 2 amide bonds. The van der Waals surface area contributed by atoms with Crippen molar-refractivity contribution in [1.82, 2.24) is 14.7 Å². The first-order valence-corrected chi connectivity index (χ1v) is 9.72. The molecule has 3 rings (SSSR count). The summed E-state index contributed by atoms with van der Waals surface area (Å²) in [6.45, 7) is 9.37. The van der Waals surface area contributed by atoms with E-state index in [1.165, 1.54) is 11.1 Å². The largest absolute Gasteiger partial charge is 0.466 e. The third-order valence-corrected chi connectivity index (χ3v) is 5.38. The number of carbonyl (C=O) groups excluding carboxylic acids is 2. The van der Waals surface area contributed by atoms with Gasteiger partial charge in [0.25, 0.3) is 5.91 Å². The lowest BCUT2D eigenvalue weighted by Gasteiger charge is -2.35. The molecule has 0 saturated carbocycles. The second-order valence-electron chi connectivity index (χ2n) is 7.57.